The Morgan fingerprint density at radius 2 is 2.22 bits per heavy atom. The molecular formula is C14H27N3S. The average molecular weight is 269 g/mol. The fraction of sp³-hybridized carbons (Fsp3) is 0.857. The first-order valence-corrected chi connectivity index (χ1v) is 8.41. The summed E-state index contributed by atoms with van der Waals surface area (Å²) in [7, 11) is 2.23. The first-order valence-electron chi connectivity index (χ1n) is 7.26. The van der Waals surface area contributed by atoms with Gasteiger partial charge < -0.3 is 0 Å². The maximum absolute atomic E-state index is 5.86. The summed E-state index contributed by atoms with van der Waals surface area (Å²) in [4.78, 5) is 2.47. The molecule has 2 aliphatic rings. The fourth-order valence-corrected chi connectivity index (χ4v) is 4.29. The molecular weight excluding hydrogens is 242 g/mol. The van der Waals surface area contributed by atoms with E-state index in [1.54, 1.807) is 5.57 Å². The van der Waals surface area contributed by atoms with Gasteiger partial charge >= 0.3 is 0 Å². The van der Waals surface area contributed by atoms with Crippen LogP contribution in [0.2, 0.25) is 0 Å². The number of rotatable bonds is 3. The Labute approximate surface area is 116 Å². The highest BCUT2D eigenvalue weighted by Crippen LogP contribution is 2.25. The quantitative estimate of drug-likeness (QED) is 0.468. The Morgan fingerprint density at radius 3 is 3.00 bits per heavy atom. The van der Waals surface area contributed by atoms with E-state index in [2.05, 4.69) is 35.2 Å². The topological polar surface area (TPSA) is 41.3 Å². The Bertz CT molecular complexity index is 280. The normalized spacial score (nSPS) is 29.2. The van der Waals surface area contributed by atoms with Crippen molar-refractivity contribution in [1.29, 1.82) is 0 Å². The summed E-state index contributed by atoms with van der Waals surface area (Å²) in [5.74, 6) is 8.31. The van der Waals surface area contributed by atoms with Crippen LogP contribution in [-0.2, 0) is 0 Å². The zero-order chi connectivity index (χ0) is 12.8. The molecule has 0 saturated carbocycles. The molecule has 3 nitrogen and oxygen atoms in total. The lowest BCUT2D eigenvalue weighted by Gasteiger charge is -2.38. The van der Waals surface area contributed by atoms with Gasteiger partial charge in [-0.2, -0.15) is 11.8 Å². The Morgan fingerprint density at radius 1 is 1.39 bits per heavy atom. The number of likely N-dealkylation sites (N-methyl/N-ethyl adjacent to an activating group) is 1. The van der Waals surface area contributed by atoms with Crippen molar-refractivity contribution in [3.8, 4) is 0 Å². The SMILES string of the molecule is CN1CCSCC1C(NN)C1=CCCCCCC1. The summed E-state index contributed by atoms with van der Waals surface area (Å²) in [6.07, 6.45) is 10.4. The molecule has 1 aliphatic heterocycles. The van der Waals surface area contributed by atoms with Gasteiger partial charge in [-0.25, -0.2) is 0 Å². The molecule has 0 bridgehead atoms. The summed E-state index contributed by atoms with van der Waals surface area (Å²) < 4.78 is 0. The lowest BCUT2D eigenvalue weighted by atomic mass is 9.91. The summed E-state index contributed by atoms with van der Waals surface area (Å²) in [5, 5.41) is 0. The largest absolute Gasteiger partial charge is 0.300 e. The monoisotopic (exact) mass is 269 g/mol. The van der Waals surface area contributed by atoms with Gasteiger partial charge in [0.2, 0.25) is 0 Å². The van der Waals surface area contributed by atoms with Crippen LogP contribution >= 0.6 is 11.8 Å². The second kappa shape index (κ2) is 7.53. The van der Waals surface area contributed by atoms with Gasteiger partial charge in [-0.15, -0.1) is 0 Å². The average Bonchev–Trinajstić information content (AvgIpc) is 2.34. The van der Waals surface area contributed by atoms with Crippen LogP contribution in [-0.4, -0.2) is 42.1 Å². The van der Waals surface area contributed by atoms with Crippen LogP contribution in [0.5, 0.6) is 0 Å². The van der Waals surface area contributed by atoms with Crippen molar-refractivity contribution in [3.05, 3.63) is 11.6 Å². The van der Waals surface area contributed by atoms with Crippen LogP contribution in [0.3, 0.4) is 0 Å². The van der Waals surface area contributed by atoms with Gasteiger partial charge in [-0.1, -0.05) is 24.5 Å². The second-order valence-corrected chi connectivity index (χ2v) is 6.65. The van der Waals surface area contributed by atoms with E-state index in [1.165, 1.54) is 56.6 Å². The zero-order valence-corrected chi connectivity index (χ0v) is 12.3. The number of thioether (sulfide) groups is 1. The van der Waals surface area contributed by atoms with Gasteiger partial charge in [0.25, 0.3) is 0 Å². The summed E-state index contributed by atoms with van der Waals surface area (Å²) in [6.45, 7) is 1.18. The van der Waals surface area contributed by atoms with E-state index in [9.17, 15) is 0 Å². The molecule has 0 aromatic heterocycles. The highest BCUT2D eigenvalue weighted by Gasteiger charge is 2.29. The maximum atomic E-state index is 5.86. The summed E-state index contributed by atoms with van der Waals surface area (Å²) >= 11 is 2.06. The van der Waals surface area contributed by atoms with Crippen molar-refractivity contribution in [1.82, 2.24) is 10.3 Å². The first-order chi connectivity index (χ1) is 8.83. The van der Waals surface area contributed by atoms with Gasteiger partial charge in [-0.3, -0.25) is 16.2 Å². The molecule has 0 aromatic rings. The van der Waals surface area contributed by atoms with Crippen LogP contribution in [0, 0.1) is 0 Å². The standard InChI is InChI=1S/C14H27N3S/c1-17-9-10-18-11-13(17)14(16-15)12-7-5-3-2-4-6-8-12/h7,13-14,16H,2-6,8-11,15H2,1H3. The van der Waals surface area contributed by atoms with E-state index in [0.717, 1.165) is 0 Å². The molecule has 0 aromatic carbocycles. The zero-order valence-electron chi connectivity index (χ0n) is 11.5. The number of hydrogen-bond acceptors (Lipinski definition) is 4. The van der Waals surface area contributed by atoms with Crippen LogP contribution in [0.1, 0.15) is 38.5 Å². The lowest BCUT2D eigenvalue weighted by Crippen LogP contribution is -2.55. The molecule has 2 atom stereocenters. The highest BCUT2D eigenvalue weighted by atomic mass is 32.2. The molecule has 1 saturated heterocycles. The molecule has 2 unspecified atom stereocenters. The third kappa shape index (κ3) is 3.73. The molecule has 2 rings (SSSR count). The molecule has 4 heteroatoms. The van der Waals surface area contributed by atoms with Crippen molar-refractivity contribution in [2.75, 3.05) is 25.1 Å². The smallest absolute Gasteiger partial charge is 0.0583 e. The van der Waals surface area contributed by atoms with E-state index < -0.39 is 0 Å². The molecule has 3 N–H and O–H groups in total. The fourth-order valence-electron chi connectivity index (χ4n) is 3.02. The predicted molar refractivity (Wildman–Crippen MR) is 80.6 cm³/mol. The van der Waals surface area contributed by atoms with E-state index >= 15 is 0 Å². The number of allylic oxidation sites excluding steroid dienone is 1. The van der Waals surface area contributed by atoms with Gasteiger partial charge in [0.1, 0.15) is 0 Å². The van der Waals surface area contributed by atoms with Crippen molar-refractivity contribution in [2.45, 2.75) is 50.6 Å². The van der Waals surface area contributed by atoms with Crippen molar-refractivity contribution in [3.63, 3.8) is 0 Å². The minimum atomic E-state index is 0.348. The molecule has 1 fully saturated rings. The van der Waals surface area contributed by atoms with E-state index in [0.29, 0.717) is 12.1 Å². The summed E-state index contributed by atoms with van der Waals surface area (Å²) in [5.41, 5.74) is 4.65. The van der Waals surface area contributed by atoms with E-state index in [4.69, 9.17) is 5.84 Å². The molecule has 0 spiro atoms. The number of nitrogens with one attached hydrogen (secondary N) is 1. The van der Waals surface area contributed by atoms with Crippen molar-refractivity contribution in [2.24, 2.45) is 5.84 Å². The molecule has 1 aliphatic carbocycles. The van der Waals surface area contributed by atoms with Crippen LogP contribution < -0.4 is 11.3 Å². The van der Waals surface area contributed by atoms with E-state index in [-0.39, 0.29) is 0 Å². The van der Waals surface area contributed by atoms with Gasteiger partial charge in [0.15, 0.2) is 0 Å². The van der Waals surface area contributed by atoms with Crippen LogP contribution in [0.25, 0.3) is 0 Å². The summed E-state index contributed by atoms with van der Waals surface area (Å²) in [6, 6.07) is 0.903. The Hall–Kier alpha value is -0.0300. The number of nitrogens with two attached hydrogens (primary N) is 1. The Balaban J connectivity index is 2.05. The number of nitrogens with zero attached hydrogens (tertiary/aromatic N) is 1. The number of hydrogen-bond donors (Lipinski definition) is 2. The molecule has 1 heterocycles. The molecule has 0 amide bonds. The first kappa shape index (κ1) is 14.4. The number of hydrazine groups is 1. The van der Waals surface area contributed by atoms with Crippen LogP contribution in [0.4, 0.5) is 0 Å². The third-order valence-corrected chi connectivity index (χ3v) is 5.28. The van der Waals surface area contributed by atoms with Gasteiger partial charge in [-0.05, 0) is 32.7 Å². The maximum Gasteiger partial charge on any atom is 0.0583 e. The van der Waals surface area contributed by atoms with Crippen molar-refractivity contribution < 1.29 is 0 Å². The molecule has 104 valence electrons. The van der Waals surface area contributed by atoms with Crippen molar-refractivity contribution >= 4 is 11.8 Å². The third-order valence-electron chi connectivity index (χ3n) is 4.23. The minimum absolute atomic E-state index is 0.348. The van der Waals surface area contributed by atoms with Crippen LogP contribution in [0.15, 0.2) is 11.6 Å². The van der Waals surface area contributed by atoms with Gasteiger partial charge in [0.05, 0.1) is 6.04 Å². The second-order valence-electron chi connectivity index (χ2n) is 5.50. The molecule has 0 radical (unpaired) electrons. The Kier molecular flexibility index (Phi) is 6.02. The van der Waals surface area contributed by atoms with Gasteiger partial charge in [0, 0.05) is 24.1 Å². The molecule has 18 heavy (non-hydrogen) atoms. The highest BCUT2D eigenvalue weighted by molar-refractivity contribution is 7.99. The van der Waals surface area contributed by atoms with E-state index in [1.807, 2.05) is 0 Å². The minimum Gasteiger partial charge on any atom is -0.300 e. The lowest BCUT2D eigenvalue weighted by molar-refractivity contribution is 0.228. The predicted octanol–water partition coefficient (Wildman–Crippen LogP) is 2.15.